The molecule has 324 valence electrons. The Morgan fingerprint density at radius 1 is 0.500 bits per heavy atom. The molecule has 0 amide bonds. The van der Waals surface area contributed by atoms with E-state index >= 15 is 0 Å². The van der Waals surface area contributed by atoms with Gasteiger partial charge in [0, 0.05) is 17.3 Å². The summed E-state index contributed by atoms with van der Waals surface area (Å²) < 4.78 is 44.3. The van der Waals surface area contributed by atoms with Crippen LogP contribution >= 0.6 is 51.2 Å². The van der Waals surface area contributed by atoms with Crippen molar-refractivity contribution in [3.05, 3.63) is 0 Å². The van der Waals surface area contributed by atoms with Gasteiger partial charge in [0.1, 0.15) is 0 Å². The van der Waals surface area contributed by atoms with Gasteiger partial charge in [-0.2, -0.15) is 0 Å². The summed E-state index contributed by atoms with van der Waals surface area (Å²) >= 11 is 23.1. The molecule has 0 bridgehead atoms. The molecule has 0 aliphatic rings. The topological polar surface area (TPSA) is 81.7 Å². The molecule has 0 aromatic carbocycles. The Balaban J connectivity index is 6.55. The van der Waals surface area contributed by atoms with Crippen LogP contribution in [-0.2, 0) is 72.1 Å². The highest BCUT2D eigenvalue weighted by Crippen LogP contribution is 2.67. The van der Waals surface area contributed by atoms with Gasteiger partial charge in [-0.05, 0) is 111 Å². The Bertz CT molecular complexity index is 1010. The van der Waals surface area contributed by atoms with Gasteiger partial charge in [0.2, 0.25) is 17.1 Å². The molecule has 8 nitrogen and oxygen atoms in total. The maximum atomic E-state index is 12.4. The zero-order valence-electron chi connectivity index (χ0n) is 35.5. The molecule has 2 unspecified atom stereocenters. The Hall–Kier alpha value is 2.23. The lowest BCUT2D eigenvalue weighted by atomic mass is 10.1. The first-order chi connectivity index (χ1) is 25.4. The van der Waals surface area contributed by atoms with Crippen molar-refractivity contribution in [1.29, 1.82) is 0 Å². The normalized spacial score (nSPS) is 15.0. The first kappa shape index (κ1) is 56.2. The lowest BCUT2D eigenvalue weighted by Gasteiger charge is -2.33. The molecular weight excluding hydrogens is 858 g/mol. The van der Waals surface area contributed by atoms with Crippen LogP contribution in [0.5, 0.6) is 0 Å². The fraction of sp³-hybridized carbons (Fsp3) is 0.973. The second-order valence-corrected chi connectivity index (χ2v) is 33.4. The standard InChI is InChI=1S/C37H77O8P3S6/c1-12-15-17-19-21-23-25-35(29-53-46(49,40-31(4)5)41-32(6)7)44-48(51,52-28-27-37(38)39-14-3)45-36(26-24-22-20-18-16-13-2)30-54-47(50,42-33(8)9)43-34(10)11/h31-36H,12-30H2,1-11H3. The van der Waals surface area contributed by atoms with Gasteiger partial charge in [0.05, 0.1) is 49.7 Å². The highest BCUT2D eigenvalue weighted by molar-refractivity contribution is 8.68. The molecular formula is C37H77O8P3S6. The van der Waals surface area contributed by atoms with E-state index in [0.717, 1.165) is 38.5 Å². The molecule has 0 N–H and O–H groups in total. The monoisotopic (exact) mass is 934 g/mol. The van der Waals surface area contributed by atoms with Gasteiger partial charge < -0.3 is 31.9 Å². The molecule has 17 heteroatoms. The van der Waals surface area contributed by atoms with Crippen LogP contribution in [0.2, 0.25) is 0 Å². The molecule has 0 aliphatic heterocycles. The van der Waals surface area contributed by atoms with E-state index < -0.39 is 17.1 Å². The summed E-state index contributed by atoms with van der Waals surface area (Å²) in [5, 5.41) is 0. The van der Waals surface area contributed by atoms with Crippen molar-refractivity contribution in [2.75, 3.05) is 23.9 Å². The number of carbonyl (C=O) groups excluding carboxylic acids is 1. The van der Waals surface area contributed by atoms with Crippen LogP contribution in [0.15, 0.2) is 0 Å². The molecule has 0 aromatic rings. The molecule has 0 saturated heterocycles. The molecule has 0 heterocycles. The third-order valence-electron chi connectivity index (χ3n) is 7.37. The maximum absolute atomic E-state index is 12.4. The van der Waals surface area contributed by atoms with Crippen molar-refractivity contribution in [3.8, 4) is 0 Å². The zero-order valence-corrected chi connectivity index (χ0v) is 43.0. The molecule has 0 aliphatic carbocycles. The van der Waals surface area contributed by atoms with E-state index in [-0.39, 0.29) is 49.0 Å². The SMILES string of the molecule is CCCCCCCCC(CSP(=S)(OC(C)C)OC(C)C)OP(=S)(OC(CCCCCCCC)CSP(=S)(OC(C)C)OC(C)C)SCCC(=O)OCC. The molecule has 0 aromatic heterocycles. The number of hydrogen-bond acceptors (Lipinski definition) is 14. The van der Waals surface area contributed by atoms with Gasteiger partial charge >= 0.3 is 5.97 Å². The minimum Gasteiger partial charge on any atom is -0.466 e. The molecule has 0 radical (unpaired) electrons. The summed E-state index contributed by atoms with van der Waals surface area (Å²) in [6.07, 6.45) is 15.2. The number of hydrogen-bond donors (Lipinski definition) is 0. The summed E-state index contributed by atoms with van der Waals surface area (Å²) in [5.41, 5.74) is -8.31. The highest BCUT2D eigenvalue weighted by atomic mass is 32.9. The summed E-state index contributed by atoms with van der Waals surface area (Å²) in [4.78, 5) is 12.4. The van der Waals surface area contributed by atoms with Crippen LogP contribution in [0.1, 0.15) is 172 Å². The fourth-order valence-electron chi connectivity index (χ4n) is 5.12. The third kappa shape index (κ3) is 31.2. The minimum atomic E-state index is -3.00. The number of carbonyl (C=O) groups is 1. The van der Waals surface area contributed by atoms with Crippen LogP contribution < -0.4 is 0 Å². The Morgan fingerprint density at radius 2 is 0.833 bits per heavy atom. The first-order valence-electron chi connectivity index (χ1n) is 20.4. The van der Waals surface area contributed by atoms with Crippen LogP contribution in [0, 0.1) is 0 Å². The number of unbranched alkanes of at least 4 members (excludes halogenated alkanes) is 10. The van der Waals surface area contributed by atoms with E-state index in [2.05, 4.69) is 13.8 Å². The molecule has 54 heavy (non-hydrogen) atoms. The molecule has 0 rings (SSSR count). The minimum absolute atomic E-state index is 0.0637. The first-order valence-corrected chi connectivity index (χ1v) is 33.1. The second-order valence-electron chi connectivity index (χ2n) is 14.5. The fourth-order valence-corrected chi connectivity index (χ4v) is 22.1. The number of esters is 1. The lowest BCUT2D eigenvalue weighted by Crippen LogP contribution is -2.20. The summed E-state index contributed by atoms with van der Waals surface area (Å²) in [5.74, 6) is 1.35. The van der Waals surface area contributed by atoms with Crippen molar-refractivity contribution in [3.63, 3.8) is 0 Å². The summed E-state index contributed by atoms with van der Waals surface area (Å²) in [6.45, 7) is 22.5. The van der Waals surface area contributed by atoms with Crippen molar-refractivity contribution < 1.29 is 36.7 Å². The van der Waals surface area contributed by atoms with Crippen LogP contribution in [0.3, 0.4) is 0 Å². The maximum Gasteiger partial charge on any atom is 0.306 e. The van der Waals surface area contributed by atoms with Crippen molar-refractivity contribution in [1.82, 2.24) is 0 Å². The van der Waals surface area contributed by atoms with Crippen molar-refractivity contribution >= 4 is 92.6 Å². The molecule has 2 atom stereocenters. The summed E-state index contributed by atoms with van der Waals surface area (Å²) in [7, 11) is 0. The predicted octanol–water partition coefficient (Wildman–Crippen LogP) is 14.8. The number of ether oxygens (including phenoxy) is 1. The largest absolute Gasteiger partial charge is 0.466 e. The average Bonchev–Trinajstić information content (AvgIpc) is 3.04. The zero-order chi connectivity index (χ0) is 41.0. The molecule has 0 fully saturated rings. The second kappa shape index (κ2) is 32.9. The number of rotatable bonds is 37. The molecule has 0 spiro atoms. The van der Waals surface area contributed by atoms with Crippen LogP contribution in [-0.4, -0.2) is 66.5 Å². The highest BCUT2D eigenvalue weighted by Gasteiger charge is 2.33. The van der Waals surface area contributed by atoms with Gasteiger partial charge in [-0.15, -0.1) is 0 Å². The van der Waals surface area contributed by atoms with Gasteiger partial charge in [-0.25, -0.2) is 0 Å². The van der Waals surface area contributed by atoms with Crippen LogP contribution in [0.4, 0.5) is 0 Å². The Kier molecular flexibility index (Phi) is 34.3. The van der Waals surface area contributed by atoms with Crippen molar-refractivity contribution in [2.24, 2.45) is 0 Å². The van der Waals surface area contributed by atoms with E-state index in [0.29, 0.717) is 23.9 Å². The van der Waals surface area contributed by atoms with E-state index in [1.54, 1.807) is 22.8 Å². The van der Waals surface area contributed by atoms with Gasteiger partial charge in [0.25, 0.3) is 0 Å². The lowest BCUT2D eigenvalue weighted by molar-refractivity contribution is -0.142. The molecule has 0 saturated carbocycles. The summed E-state index contributed by atoms with van der Waals surface area (Å²) in [6, 6.07) is 0. The van der Waals surface area contributed by atoms with E-state index in [4.69, 9.17) is 67.3 Å². The quantitative estimate of drug-likeness (QED) is 0.0337. The van der Waals surface area contributed by atoms with Gasteiger partial charge in [0.15, 0.2) is 0 Å². The Morgan fingerprint density at radius 3 is 1.17 bits per heavy atom. The van der Waals surface area contributed by atoms with Crippen molar-refractivity contribution in [2.45, 2.75) is 209 Å². The average molecular weight is 935 g/mol. The third-order valence-corrected chi connectivity index (χ3v) is 23.8. The van der Waals surface area contributed by atoms with Crippen LogP contribution in [0.25, 0.3) is 0 Å². The van der Waals surface area contributed by atoms with E-state index in [1.165, 1.54) is 62.7 Å². The smallest absolute Gasteiger partial charge is 0.306 e. The van der Waals surface area contributed by atoms with Gasteiger partial charge in [-0.1, -0.05) is 125 Å². The Labute approximate surface area is 359 Å². The van der Waals surface area contributed by atoms with Gasteiger partial charge in [-0.3, -0.25) is 4.79 Å². The van der Waals surface area contributed by atoms with E-state index in [9.17, 15) is 4.79 Å². The van der Waals surface area contributed by atoms with E-state index in [1.807, 2.05) is 62.3 Å². The predicted molar refractivity (Wildman–Crippen MR) is 252 cm³/mol.